The Morgan fingerprint density at radius 3 is 2.95 bits per heavy atom. The monoisotopic (exact) mass is 289 g/mol. The van der Waals surface area contributed by atoms with Crippen LogP contribution in [-0.2, 0) is 4.79 Å². The predicted octanol–water partition coefficient (Wildman–Crippen LogP) is 2.40. The van der Waals surface area contributed by atoms with E-state index in [0.717, 1.165) is 30.9 Å². The maximum Gasteiger partial charge on any atom is 0.238 e. The highest BCUT2D eigenvalue weighted by molar-refractivity contribution is 5.92. The first-order valence-corrected chi connectivity index (χ1v) is 7.99. The third-order valence-corrected chi connectivity index (χ3v) is 4.01. The number of benzene rings is 1. The van der Waals surface area contributed by atoms with Crippen LogP contribution in [0.4, 0.5) is 5.69 Å². The summed E-state index contributed by atoms with van der Waals surface area (Å²) in [4.78, 5) is 14.4. The van der Waals surface area contributed by atoms with Gasteiger partial charge in [0.1, 0.15) is 0 Å². The first-order chi connectivity index (χ1) is 10.2. The standard InChI is InChI=1S/C17H27N3O/c1-3-20(12-16-8-4-5-10-18-16)13-17(21)19-15-9-6-7-14(2)11-15/h6-7,9,11,16,18H,3-5,8,10,12-13H2,1-2H3,(H,19,21). The summed E-state index contributed by atoms with van der Waals surface area (Å²) < 4.78 is 0. The number of hydrogen-bond donors (Lipinski definition) is 2. The van der Waals surface area contributed by atoms with E-state index in [1.54, 1.807) is 0 Å². The van der Waals surface area contributed by atoms with Crippen LogP contribution in [0.2, 0.25) is 0 Å². The van der Waals surface area contributed by atoms with E-state index in [-0.39, 0.29) is 5.91 Å². The molecule has 0 radical (unpaired) electrons. The maximum atomic E-state index is 12.2. The lowest BCUT2D eigenvalue weighted by Crippen LogP contribution is -2.45. The highest BCUT2D eigenvalue weighted by Gasteiger charge is 2.17. The van der Waals surface area contributed by atoms with E-state index in [1.165, 1.54) is 19.3 Å². The van der Waals surface area contributed by atoms with Crippen LogP contribution in [0, 0.1) is 6.92 Å². The predicted molar refractivity (Wildman–Crippen MR) is 87.6 cm³/mol. The Morgan fingerprint density at radius 2 is 2.29 bits per heavy atom. The minimum absolute atomic E-state index is 0.0678. The number of carbonyl (C=O) groups excluding carboxylic acids is 1. The van der Waals surface area contributed by atoms with Gasteiger partial charge in [-0.15, -0.1) is 0 Å². The van der Waals surface area contributed by atoms with E-state index in [2.05, 4.69) is 22.5 Å². The Morgan fingerprint density at radius 1 is 1.43 bits per heavy atom. The topological polar surface area (TPSA) is 44.4 Å². The Bertz CT molecular complexity index is 455. The van der Waals surface area contributed by atoms with Crippen molar-refractivity contribution in [2.75, 3.05) is 31.5 Å². The normalized spacial score (nSPS) is 18.7. The summed E-state index contributed by atoms with van der Waals surface area (Å²) in [6, 6.07) is 8.46. The Kier molecular flexibility index (Phi) is 6.21. The molecular weight excluding hydrogens is 262 g/mol. The van der Waals surface area contributed by atoms with Gasteiger partial charge in [-0.3, -0.25) is 9.69 Å². The number of hydrogen-bond acceptors (Lipinski definition) is 3. The van der Waals surface area contributed by atoms with Crippen molar-refractivity contribution in [3.63, 3.8) is 0 Å². The van der Waals surface area contributed by atoms with Gasteiger partial charge in [0, 0.05) is 18.3 Å². The van der Waals surface area contributed by atoms with Gasteiger partial charge in [0.15, 0.2) is 0 Å². The van der Waals surface area contributed by atoms with Crippen LogP contribution in [-0.4, -0.2) is 43.0 Å². The summed E-state index contributed by atoms with van der Waals surface area (Å²) in [6.07, 6.45) is 3.79. The molecule has 1 heterocycles. The van der Waals surface area contributed by atoms with Gasteiger partial charge >= 0.3 is 0 Å². The zero-order valence-electron chi connectivity index (χ0n) is 13.2. The molecule has 1 saturated heterocycles. The Labute approximate surface area is 127 Å². The smallest absolute Gasteiger partial charge is 0.238 e. The van der Waals surface area contributed by atoms with Crippen molar-refractivity contribution in [3.8, 4) is 0 Å². The zero-order valence-corrected chi connectivity index (χ0v) is 13.2. The SMILES string of the molecule is CCN(CC(=O)Nc1cccc(C)c1)CC1CCCCN1. The van der Waals surface area contributed by atoms with Crippen molar-refractivity contribution in [3.05, 3.63) is 29.8 Å². The Hall–Kier alpha value is -1.39. The third kappa shape index (κ3) is 5.48. The molecule has 1 aliphatic rings. The van der Waals surface area contributed by atoms with Crippen LogP contribution >= 0.6 is 0 Å². The molecule has 2 N–H and O–H groups in total. The van der Waals surface area contributed by atoms with E-state index in [9.17, 15) is 4.79 Å². The number of rotatable bonds is 6. The van der Waals surface area contributed by atoms with Crippen LogP contribution in [0.1, 0.15) is 31.7 Å². The summed E-state index contributed by atoms with van der Waals surface area (Å²) in [5, 5.41) is 6.52. The highest BCUT2D eigenvalue weighted by Crippen LogP contribution is 2.11. The van der Waals surface area contributed by atoms with Gasteiger partial charge in [0.25, 0.3) is 0 Å². The molecular formula is C17H27N3O. The van der Waals surface area contributed by atoms with Crippen LogP contribution in [0.3, 0.4) is 0 Å². The molecule has 1 aromatic rings. The summed E-state index contributed by atoms with van der Waals surface area (Å²) in [6.45, 7) is 7.57. The van der Waals surface area contributed by atoms with Crippen molar-refractivity contribution in [1.29, 1.82) is 0 Å². The van der Waals surface area contributed by atoms with Crippen LogP contribution in [0.5, 0.6) is 0 Å². The van der Waals surface area contributed by atoms with E-state index in [1.807, 2.05) is 31.2 Å². The second kappa shape index (κ2) is 8.15. The molecule has 0 spiro atoms. The van der Waals surface area contributed by atoms with E-state index < -0.39 is 0 Å². The molecule has 0 saturated carbocycles. The molecule has 4 heteroatoms. The molecule has 1 amide bonds. The van der Waals surface area contributed by atoms with Crippen LogP contribution < -0.4 is 10.6 Å². The summed E-state index contributed by atoms with van der Waals surface area (Å²) in [5.74, 6) is 0.0678. The van der Waals surface area contributed by atoms with Gasteiger partial charge < -0.3 is 10.6 Å². The fourth-order valence-corrected chi connectivity index (χ4v) is 2.82. The first-order valence-electron chi connectivity index (χ1n) is 7.99. The van der Waals surface area contributed by atoms with Gasteiger partial charge in [-0.25, -0.2) is 0 Å². The van der Waals surface area contributed by atoms with Crippen molar-refractivity contribution in [2.24, 2.45) is 0 Å². The lowest BCUT2D eigenvalue weighted by atomic mass is 10.0. The van der Waals surface area contributed by atoms with Gasteiger partial charge in [-0.1, -0.05) is 25.5 Å². The van der Waals surface area contributed by atoms with E-state index in [4.69, 9.17) is 0 Å². The molecule has 1 aromatic carbocycles. The van der Waals surface area contributed by atoms with Crippen LogP contribution in [0.25, 0.3) is 0 Å². The number of nitrogens with zero attached hydrogens (tertiary/aromatic N) is 1. The van der Waals surface area contributed by atoms with Gasteiger partial charge in [-0.05, 0) is 50.6 Å². The van der Waals surface area contributed by atoms with E-state index >= 15 is 0 Å². The first kappa shape index (κ1) is 16.0. The van der Waals surface area contributed by atoms with Crippen LogP contribution in [0.15, 0.2) is 24.3 Å². The number of anilines is 1. The van der Waals surface area contributed by atoms with Gasteiger partial charge in [0.05, 0.1) is 6.54 Å². The number of amides is 1. The maximum absolute atomic E-state index is 12.2. The van der Waals surface area contributed by atoms with E-state index in [0.29, 0.717) is 12.6 Å². The molecule has 4 nitrogen and oxygen atoms in total. The summed E-state index contributed by atoms with van der Waals surface area (Å²) in [5.41, 5.74) is 2.04. The molecule has 1 atom stereocenters. The van der Waals surface area contributed by atoms with Gasteiger partial charge in [0.2, 0.25) is 5.91 Å². The molecule has 0 bridgehead atoms. The van der Waals surface area contributed by atoms with Crippen molar-refractivity contribution >= 4 is 11.6 Å². The molecule has 0 aromatic heterocycles. The average molecular weight is 289 g/mol. The highest BCUT2D eigenvalue weighted by atomic mass is 16.2. The van der Waals surface area contributed by atoms with Crippen molar-refractivity contribution in [1.82, 2.24) is 10.2 Å². The number of likely N-dealkylation sites (N-methyl/N-ethyl adjacent to an activating group) is 1. The molecule has 116 valence electrons. The second-order valence-corrected chi connectivity index (χ2v) is 5.89. The lowest BCUT2D eigenvalue weighted by Gasteiger charge is -2.29. The molecule has 21 heavy (non-hydrogen) atoms. The summed E-state index contributed by atoms with van der Waals surface area (Å²) >= 11 is 0. The largest absolute Gasteiger partial charge is 0.325 e. The fourth-order valence-electron chi connectivity index (χ4n) is 2.82. The quantitative estimate of drug-likeness (QED) is 0.845. The molecule has 0 aliphatic carbocycles. The average Bonchev–Trinajstić information content (AvgIpc) is 2.47. The molecule has 2 rings (SSSR count). The Balaban J connectivity index is 1.81. The molecule has 1 fully saturated rings. The minimum atomic E-state index is 0.0678. The number of nitrogens with one attached hydrogen (secondary N) is 2. The second-order valence-electron chi connectivity index (χ2n) is 5.89. The fraction of sp³-hybridized carbons (Fsp3) is 0.588. The summed E-state index contributed by atoms with van der Waals surface area (Å²) in [7, 11) is 0. The number of carbonyl (C=O) groups is 1. The number of aryl methyl sites for hydroxylation is 1. The van der Waals surface area contributed by atoms with Gasteiger partial charge in [-0.2, -0.15) is 0 Å². The van der Waals surface area contributed by atoms with Crippen molar-refractivity contribution < 1.29 is 4.79 Å². The third-order valence-electron chi connectivity index (χ3n) is 4.01. The minimum Gasteiger partial charge on any atom is -0.325 e. The van der Waals surface area contributed by atoms with Crippen molar-refractivity contribution in [2.45, 2.75) is 39.2 Å². The zero-order chi connectivity index (χ0) is 15.1. The lowest BCUT2D eigenvalue weighted by molar-refractivity contribution is -0.117. The molecule has 1 aliphatic heterocycles. The number of piperidine rings is 1. The molecule has 1 unspecified atom stereocenters.